The molecule has 0 spiro atoms. The summed E-state index contributed by atoms with van der Waals surface area (Å²) >= 11 is 0. The first kappa shape index (κ1) is 24.5. The maximum Gasteiger partial charge on any atom is 0.408 e. The third-order valence-electron chi connectivity index (χ3n) is 5.28. The number of carbonyl (C=O) groups is 3. The molecule has 0 bridgehead atoms. The second-order valence-corrected chi connectivity index (χ2v) is 8.04. The van der Waals surface area contributed by atoms with Crippen molar-refractivity contribution in [2.45, 2.75) is 38.5 Å². The summed E-state index contributed by atoms with van der Waals surface area (Å²) in [5.74, 6) is -1.75. The molecule has 0 aliphatic rings. The summed E-state index contributed by atoms with van der Waals surface area (Å²) in [7, 11) is 0. The molecule has 0 heterocycles. The number of hydrogen-bond donors (Lipinski definition) is 3. The Morgan fingerprint density at radius 2 is 1.26 bits per heavy atom. The van der Waals surface area contributed by atoms with Crippen molar-refractivity contribution in [2.75, 3.05) is 0 Å². The smallest absolute Gasteiger partial charge is 0.408 e. The van der Waals surface area contributed by atoms with Crippen LogP contribution >= 0.6 is 0 Å². The molecule has 0 radical (unpaired) electrons. The van der Waals surface area contributed by atoms with Crippen LogP contribution in [0.3, 0.4) is 0 Å². The first-order valence-electron chi connectivity index (χ1n) is 11.0. The summed E-state index contributed by atoms with van der Waals surface area (Å²) in [6.07, 6.45) is -0.452. The van der Waals surface area contributed by atoms with Crippen LogP contribution in [0, 0.1) is 6.92 Å². The lowest BCUT2D eigenvalue weighted by molar-refractivity contribution is -0.142. The number of carboxylic acid groups (broad SMARTS) is 1. The third kappa shape index (κ3) is 7.78. The Morgan fingerprint density at radius 3 is 1.85 bits per heavy atom. The number of ether oxygens (including phenoxy) is 1. The summed E-state index contributed by atoms with van der Waals surface area (Å²) < 4.78 is 5.26. The molecule has 0 fully saturated rings. The fraction of sp³-hybridized carbons (Fsp3) is 0.222. The van der Waals surface area contributed by atoms with Gasteiger partial charge in [0.1, 0.15) is 18.7 Å². The maximum atomic E-state index is 13.1. The molecule has 0 aliphatic heterocycles. The van der Waals surface area contributed by atoms with Crippen LogP contribution in [0.25, 0.3) is 0 Å². The van der Waals surface area contributed by atoms with Crippen LogP contribution in [0.5, 0.6) is 0 Å². The number of rotatable bonds is 10. The molecule has 2 amide bonds. The molecule has 0 saturated heterocycles. The fourth-order valence-electron chi connectivity index (χ4n) is 3.40. The van der Waals surface area contributed by atoms with Crippen LogP contribution in [-0.2, 0) is 33.8 Å². The van der Waals surface area contributed by atoms with Gasteiger partial charge in [0.15, 0.2) is 0 Å². The molecule has 7 nitrogen and oxygen atoms in total. The molecule has 3 aromatic carbocycles. The number of nitrogens with one attached hydrogen (secondary N) is 2. The van der Waals surface area contributed by atoms with E-state index in [1.807, 2.05) is 91.9 Å². The predicted molar refractivity (Wildman–Crippen MR) is 128 cm³/mol. The number of aryl methyl sites for hydroxylation is 1. The van der Waals surface area contributed by atoms with Gasteiger partial charge in [0.25, 0.3) is 0 Å². The summed E-state index contributed by atoms with van der Waals surface area (Å²) in [6, 6.07) is 23.6. The van der Waals surface area contributed by atoms with Gasteiger partial charge in [0, 0.05) is 12.8 Å². The quantitative estimate of drug-likeness (QED) is 0.428. The minimum Gasteiger partial charge on any atom is -0.480 e. The van der Waals surface area contributed by atoms with Gasteiger partial charge in [-0.15, -0.1) is 0 Å². The molecule has 0 aromatic heterocycles. The molecule has 2 atom stereocenters. The summed E-state index contributed by atoms with van der Waals surface area (Å²) in [5, 5.41) is 14.8. The van der Waals surface area contributed by atoms with E-state index in [0.29, 0.717) is 0 Å². The highest BCUT2D eigenvalue weighted by atomic mass is 16.5. The highest BCUT2D eigenvalue weighted by Crippen LogP contribution is 2.09. The Kier molecular flexibility index (Phi) is 8.80. The molecule has 0 saturated carbocycles. The monoisotopic (exact) mass is 460 g/mol. The maximum absolute atomic E-state index is 13.1. The van der Waals surface area contributed by atoms with Gasteiger partial charge in [-0.1, -0.05) is 90.5 Å². The average molecular weight is 461 g/mol. The fourth-order valence-corrected chi connectivity index (χ4v) is 3.40. The van der Waals surface area contributed by atoms with Crippen molar-refractivity contribution in [3.05, 3.63) is 107 Å². The van der Waals surface area contributed by atoms with Gasteiger partial charge in [-0.2, -0.15) is 0 Å². The van der Waals surface area contributed by atoms with Gasteiger partial charge in [-0.05, 0) is 23.6 Å². The van der Waals surface area contributed by atoms with Crippen molar-refractivity contribution >= 4 is 18.0 Å². The molecular weight excluding hydrogens is 432 g/mol. The first-order chi connectivity index (χ1) is 16.4. The zero-order valence-corrected chi connectivity index (χ0v) is 18.9. The van der Waals surface area contributed by atoms with E-state index in [4.69, 9.17) is 4.74 Å². The number of carbonyl (C=O) groups excluding carboxylic acids is 2. The van der Waals surface area contributed by atoms with Crippen LogP contribution in [0.2, 0.25) is 0 Å². The van der Waals surface area contributed by atoms with E-state index >= 15 is 0 Å². The van der Waals surface area contributed by atoms with Crippen molar-refractivity contribution in [1.29, 1.82) is 0 Å². The molecule has 34 heavy (non-hydrogen) atoms. The molecule has 7 heteroatoms. The molecule has 176 valence electrons. The molecule has 0 unspecified atom stereocenters. The Morgan fingerprint density at radius 1 is 0.735 bits per heavy atom. The molecular formula is C27H28N2O5. The lowest BCUT2D eigenvalue weighted by Crippen LogP contribution is -2.53. The van der Waals surface area contributed by atoms with Crippen LogP contribution < -0.4 is 10.6 Å². The Bertz CT molecular complexity index is 1090. The lowest BCUT2D eigenvalue weighted by atomic mass is 10.0. The lowest BCUT2D eigenvalue weighted by Gasteiger charge is -2.21. The average Bonchev–Trinajstić information content (AvgIpc) is 2.84. The van der Waals surface area contributed by atoms with E-state index in [2.05, 4.69) is 10.6 Å². The van der Waals surface area contributed by atoms with Crippen LogP contribution in [0.1, 0.15) is 22.3 Å². The van der Waals surface area contributed by atoms with Gasteiger partial charge in [-0.25, -0.2) is 9.59 Å². The summed E-state index contributed by atoms with van der Waals surface area (Å²) in [5.41, 5.74) is 3.47. The summed E-state index contributed by atoms with van der Waals surface area (Å²) in [4.78, 5) is 37.3. The molecule has 0 aliphatic carbocycles. The molecule has 3 N–H and O–H groups in total. The summed E-state index contributed by atoms with van der Waals surface area (Å²) in [6.45, 7) is 1.99. The van der Waals surface area contributed by atoms with E-state index in [0.717, 1.165) is 22.3 Å². The van der Waals surface area contributed by atoms with E-state index in [1.54, 1.807) is 0 Å². The van der Waals surface area contributed by atoms with Gasteiger partial charge >= 0.3 is 12.1 Å². The molecule has 3 aromatic rings. The molecule has 3 rings (SSSR count). The Labute approximate surface area is 198 Å². The highest BCUT2D eigenvalue weighted by molar-refractivity contribution is 5.89. The van der Waals surface area contributed by atoms with E-state index in [9.17, 15) is 19.5 Å². The normalized spacial score (nSPS) is 12.3. The van der Waals surface area contributed by atoms with Crippen molar-refractivity contribution in [2.24, 2.45) is 0 Å². The second-order valence-electron chi connectivity index (χ2n) is 8.04. The minimum absolute atomic E-state index is 0.0531. The van der Waals surface area contributed by atoms with Gasteiger partial charge in [-0.3, -0.25) is 4.79 Å². The third-order valence-corrected chi connectivity index (χ3v) is 5.28. The van der Waals surface area contributed by atoms with Crippen molar-refractivity contribution in [3.63, 3.8) is 0 Å². The van der Waals surface area contributed by atoms with Crippen LogP contribution in [0.15, 0.2) is 84.9 Å². The van der Waals surface area contributed by atoms with Gasteiger partial charge in [0.05, 0.1) is 0 Å². The number of carboxylic acids is 1. The van der Waals surface area contributed by atoms with Gasteiger partial charge < -0.3 is 20.5 Å². The zero-order chi connectivity index (χ0) is 24.3. The number of amides is 2. The van der Waals surface area contributed by atoms with Crippen molar-refractivity contribution in [1.82, 2.24) is 10.6 Å². The number of aliphatic carboxylic acids is 1. The standard InChI is InChI=1S/C27H28N2O5/c1-19-12-14-21(15-13-19)17-24(26(31)32)28-25(30)23(16-20-8-4-2-5-9-20)29-27(33)34-18-22-10-6-3-7-11-22/h2-15,23-24H,16-18H2,1H3,(H,28,30)(H,29,33)(H,31,32)/t23-,24-/m1/s1. The van der Waals surface area contributed by atoms with E-state index in [1.165, 1.54) is 0 Å². The first-order valence-corrected chi connectivity index (χ1v) is 11.0. The van der Waals surface area contributed by atoms with Gasteiger partial charge in [0.2, 0.25) is 5.91 Å². The number of hydrogen-bond acceptors (Lipinski definition) is 4. The topological polar surface area (TPSA) is 105 Å². The van der Waals surface area contributed by atoms with Crippen LogP contribution in [0.4, 0.5) is 4.79 Å². The Balaban J connectivity index is 1.68. The Hall–Kier alpha value is -4.13. The van der Waals surface area contributed by atoms with E-state index < -0.39 is 30.1 Å². The minimum atomic E-state index is -1.15. The van der Waals surface area contributed by atoms with Crippen LogP contribution in [-0.4, -0.2) is 35.2 Å². The number of alkyl carbamates (subject to hydrolysis) is 1. The highest BCUT2D eigenvalue weighted by Gasteiger charge is 2.27. The van der Waals surface area contributed by atoms with Crippen molar-refractivity contribution < 1.29 is 24.2 Å². The SMILES string of the molecule is Cc1ccc(C[C@@H](NC(=O)[C@@H](Cc2ccccc2)NC(=O)OCc2ccccc2)C(=O)O)cc1. The van der Waals surface area contributed by atoms with Crippen molar-refractivity contribution in [3.8, 4) is 0 Å². The predicted octanol–water partition coefficient (Wildman–Crippen LogP) is 3.64. The van der Waals surface area contributed by atoms with E-state index in [-0.39, 0.29) is 19.4 Å². The largest absolute Gasteiger partial charge is 0.480 e. The zero-order valence-electron chi connectivity index (χ0n) is 18.9. The second kappa shape index (κ2) is 12.2. The number of benzene rings is 3.